The SMILES string of the molecule is CNCC(Cc1ccc(Br)cc1)Cc1ccc(F)cc1Br. The number of halogens is 3. The van der Waals surface area contributed by atoms with E-state index in [4.69, 9.17) is 0 Å². The second-order valence-corrected chi connectivity index (χ2v) is 6.96. The van der Waals surface area contributed by atoms with Gasteiger partial charge in [-0.2, -0.15) is 0 Å². The van der Waals surface area contributed by atoms with E-state index >= 15 is 0 Å². The summed E-state index contributed by atoms with van der Waals surface area (Å²) in [5.74, 6) is 0.265. The highest BCUT2D eigenvalue weighted by Gasteiger charge is 2.12. The van der Waals surface area contributed by atoms with Gasteiger partial charge in [-0.15, -0.1) is 0 Å². The standard InChI is InChI=1S/C17H18Br2FN/c1-21-11-13(8-12-2-5-15(18)6-3-12)9-14-4-7-16(20)10-17(14)19/h2-7,10,13,21H,8-9,11H2,1H3. The molecule has 1 N–H and O–H groups in total. The van der Waals surface area contributed by atoms with Crippen molar-refractivity contribution in [1.82, 2.24) is 5.32 Å². The molecule has 112 valence electrons. The quantitative estimate of drug-likeness (QED) is 0.703. The predicted molar refractivity (Wildman–Crippen MR) is 93.1 cm³/mol. The Bertz CT molecular complexity index is 584. The van der Waals surface area contributed by atoms with Crippen LogP contribution in [0.2, 0.25) is 0 Å². The number of benzene rings is 2. The van der Waals surface area contributed by atoms with Crippen LogP contribution in [0, 0.1) is 11.7 Å². The fraction of sp³-hybridized carbons (Fsp3) is 0.294. The topological polar surface area (TPSA) is 12.0 Å². The number of rotatable bonds is 6. The first kappa shape index (κ1) is 16.7. The molecule has 4 heteroatoms. The molecule has 1 atom stereocenters. The Morgan fingerprint density at radius 3 is 2.38 bits per heavy atom. The van der Waals surface area contributed by atoms with Crippen molar-refractivity contribution in [3.8, 4) is 0 Å². The molecule has 21 heavy (non-hydrogen) atoms. The van der Waals surface area contributed by atoms with E-state index in [0.29, 0.717) is 5.92 Å². The molecule has 1 nitrogen and oxygen atoms in total. The largest absolute Gasteiger partial charge is 0.319 e. The maximum absolute atomic E-state index is 13.2. The lowest BCUT2D eigenvalue weighted by molar-refractivity contribution is 0.492. The minimum absolute atomic E-state index is 0.205. The molecule has 2 rings (SSSR count). The van der Waals surface area contributed by atoms with Crippen molar-refractivity contribution in [3.63, 3.8) is 0 Å². The first-order valence-electron chi connectivity index (χ1n) is 6.91. The third kappa shape index (κ3) is 5.20. The highest BCUT2D eigenvalue weighted by molar-refractivity contribution is 9.10. The summed E-state index contributed by atoms with van der Waals surface area (Å²) in [6, 6.07) is 13.4. The molecule has 0 saturated heterocycles. The van der Waals surface area contributed by atoms with Crippen LogP contribution < -0.4 is 5.32 Å². The fourth-order valence-electron chi connectivity index (χ4n) is 2.46. The van der Waals surface area contributed by atoms with Gasteiger partial charge in [0.15, 0.2) is 0 Å². The molecule has 0 aromatic heterocycles. The Morgan fingerprint density at radius 2 is 1.76 bits per heavy atom. The minimum atomic E-state index is -0.205. The van der Waals surface area contributed by atoms with Gasteiger partial charge >= 0.3 is 0 Å². The molecule has 0 radical (unpaired) electrons. The lowest BCUT2D eigenvalue weighted by atomic mass is 9.92. The zero-order valence-corrected chi connectivity index (χ0v) is 15.0. The van der Waals surface area contributed by atoms with Crippen molar-refractivity contribution in [2.24, 2.45) is 5.92 Å². The van der Waals surface area contributed by atoms with Crippen LogP contribution >= 0.6 is 31.9 Å². The summed E-state index contributed by atoms with van der Waals surface area (Å²) in [5.41, 5.74) is 2.46. The maximum Gasteiger partial charge on any atom is 0.124 e. The van der Waals surface area contributed by atoms with Crippen LogP contribution in [0.25, 0.3) is 0 Å². The van der Waals surface area contributed by atoms with E-state index in [-0.39, 0.29) is 5.82 Å². The summed E-state index contributed by atoms with van der Waals surface area (Å²) in [7, 11) is 1.97. The van der Waals surface area contributed by atoms with Crippen LogP contribution in [0.3, 0.4) is 0 Å². The second kappa shape index (κ2) is 8.06. The van der Waals surface area contributed by atoms with E-state index in [9.17, 15) is 4.39 Å². The van der Waals surface area contributed by atoms with Crippen LogP contribution in [0.15, 0.2) is 51.4 Å². The van der Waals surface area contributed by atoms with Gasteiger partial charge in [0.25, 0.3) is 0 Å². The normalized spacial score (nSPS) is 12.4. The molecule has 0 heterocycles. The molecular weight excluding hydrogens is 397 g/mol. The van der Waals surface area contributed by atoms with Crippen molar-refractivity contribution >= 4 is 31.9 Å². The molecule has 0 aliphatic carbocycles. The molecule has 0 fully saturated rings. The van der Waals surface area contributed by atoms with E-state index in [0.717, 1.165) is 33.9 Å². The first-order chi connectivity index (χ1) is 10.1. The number of hydrogen-bond donors (Lipinski definition) is 1. The van der Waals surface area contributed by atoms with Crippen LogP contribution in [0.5, 0.6) is 0 Å². The number of nitrogens with one attached hydrogen (secondary N) is 1. The van der Waals surface area contributed by atoms with Gasteiger partial charge in [-0.25, -0.2) is 4.39 Å². The molecule has 2 aromatic carbocycles. The summed E-state index contributed by atoms with van der Waals surface area (Å²) < 4.78 is 15.1. The summed E-state index contributed by atoms with van der Waals surface area (Å²) >= 11 is 6.91. The minimum Gasteiger partial charge on any atom is -0.319 e. The molecular formula is C17H18Br2FN. The Hall–Kier alpha value is -0.710. The van der Waals surface area contributed by atoms with E-state index < -0.39 is 0 Å². The highest BCUT2D eigenvalue weighted by Crippen LogP contribution is 2.23. The molecule has 0 aliphatic rings. The van der Waals surface area contributed by atoms with E-state index in [1.807, 2.05) is 13.1 Å². The van der Waals surface area contributed by atoms with Gasteiger partial charge in [0, 0.05) is 8.95 Å². The van der Waals surface area contributed by atoms with Crippen LogP contribution in [0.1, 0.15) is 11.1 Å². The lowest BCUT2D eigenvalue weighted by Crippen LogP contribution is -2.23. The second-order valence-electron chi connectivity index (χ2n) is 5.19. The third-order valence-corrected chi connectivity index (χ3v) is 4.72. The van der Waals surface area contributed by atoms with Gasteiger partial charge in [-0.05, 0) is 67.7 Å². The van der Waals surface area contributed by atoms with Crippen molar-refractivity contribution < 1.29 is 4.39 Å². The summed E-state index contributed by atoms with van der Waals surface area (Å²) in [4.78, 5) is 0. The summed E-state index contributed by atoms with van der Waals surface area (Å²) in [5, 5.41) is 3.25. The zero-order chi connectivity index (χ0) is 15.2. The van der Waals surface area contributed by atoms with Crippen molar-refractivity contribution in [2.75, 3.05) is 13.6 Å². The van der Waals surface area contributed by atoms with Crippen LogP contribution in [0.4, 0.5) is 4.39 Å². The summed E-state index contributed by atoms with van der Waals surface area (Å²) in [6.45, 7) is 0.930. The smallest absolute Gasteiger partial charge is 0.124 e. The van der Waals surface area contributed by atoms with Gasteiger partial charge in [0.05, 0.1) is 0 Å². The highest BCUT2D eigenvalue weighted by atomic mass is 79.9. The summed E-state index contributed by atoms with van der Waals surface area (Å²) in [6.07, 6.45) is 1.91. The predicted octanol–water partition coefficient (Wildman–Crippen LogP) is 4.97. The molecule has 0 saturated carbocycles. The van der Waals surface area contributed by atoms with E-state index in [1.165, 1.54) is 17.7 Å². The third-order valence-electron chi connectivity index (χ3n) is 3.45. The molecule has 0 bridgehead atoms. The Morgan fingerprint density at radius 1 is 1.05 bits per heavy atom. The lowest BCUT2D eigenvalue weighted by Gasteiger charge is -2.18. The van der Waals surface area contributed by atoms with Crippen molar-refractivity contribution in [1.29, 1.82) is 0 Å². The van der Waals surface area contributed by atoms with Gasteiger partial charge in [0.2, 0.25) is 0 Å². The Balaban J connectivity index is 2.09. The van der Waals surface area contributed by atoms with Gasteiger partial charge in [-0.1, -0.05) is 50.1 Å². The van der Waals surface area contributed by atoms with Gasteiger partial charge in [-0.3, -0.25) is 0 Å². The Kier molecular flexibility index (Phi) is 6.40. The molecule has 0 aliphatic heterocycles. The van der Waals surface area contributed by atoms with Crippen LogP contribution in [-0.4, -0.2) is 13.6 Å². The first-order valence-corrected chi connectivity index (χ1v) is 8.50. The van der Waals surface area contributed by atoms with Gasteiger partial charge in [0.1, 0.15) is 5.82 Å². The van der Waals surface area contributed by atoms with E-state index in [2.05, 4.69) is 61.4 Å². The molecule has 2 aromatic rings. The molecule has 1 unspecified atom stereocenters. The van der Waals surface area contributed by atoms with Gasteiger partial charge < -0.3 is 5.32 Å². The van der Waals surface area contributed by atoms with Crippen molar-refractivity contribution in [2.45, 2.75) is 12.8 Å². The van der Waals surface area contributed by atoms with E-state index in [1.54, 1.807) is 0 Å². The maximum atomic E-state index is 13.2. The average Bonchev–Trinajstić information content (AvgIpc) is 2.44. The van der Waals surface area contributed by atoms with Crippen molar-refractivity contribution in [3.05, 3.63) is 68.4 Å². The Labute approximate surface area is 142 Å². The fourth-order valence-corrected chi connectivity index (χ4v) is 3.23. The molecule has 0 spiro atoms. The molecule has 0 amide bonds. The number of hydrogen-bond acceptors (Lipinski definition) is 1. The average molecular weight is 415 g/mol. The zero-order valence-electron chi connectivity index (χ0n) is 11.9. The monoisotopic (exact) mass is 413 g/mol. The van der Waals surface area contributed by atoms with Crippen LogP contribution in [-0.2, 0) is 12.8 Å².